The molecule has 0 atom stereocenters. The maximum atomic E-state index is 6.16. The van der Waals surface area contributed by atoms with Crippen LogP contribution in [0.25, 0.3) is 22.6 Å². The van der Waals surface area contributed by atoms with E-state index in [1.54, 1.807) is 0 Å². The van der Waals surface area contributed by atoms with Crippen LogP contribution in [0.15, 0.2) is 34.7 Å². The van der Waals surface area contributed by atoms with Gasteiger partial charge in [-0.05, 0) is 38.5 Å². The first-order valence-electron chi connectivity index (χ1n) is 8.14. The molecule has 23 heavy (non-hydrogen) atoms. The van der Waals surface area contributed by atoms with Crippen molar-refractivity contribution in [2.45, 2.75) is 20.8 Å². The number of rotatable bonds is 3. The Kier molecular flexibility index (Phi) is 4.07. The molecule has 2 aliphatic rings. The number of benzene rings is 2. The zero-order valence-electron chi connectivity index (χ0n) is 14.6. The zero-order chi connectivity index (χ0) is 16.6. The molecule has 0 saturated heterocycles. The summed E-state index contributed by atoms with van der Waals surface area (Å²) in [6, 6.07) is 10.4. The Morgan fingerprint density at radius 3 is 2.48 bits per heavy atom. The number of nitrogens with zero attached hydrogens (tertiary/aromatic N) is 3. The van der Waals surface area contributed by atoms with Crippen LogP contribution < -0.4 is 14.8 Å². The summed E-state index contributed by atoms with van der Waals surface area (Å²) in [6.07, 6.45) is 0. The molecule has 0 bridgehead atoms. The van der Waals surface area contributed by atoms with Gasteiger partial charge in [0.05, 0.1) is 6.07 Å². The van der Waals surface area contributed by atoms with Crippen LogP contribution in [0.5, 0.6) is 0 Å². The summed E-state index contributed by atoms with van der Waals surface area (Å²) in [4.78, 5) is 7.10. The van der Waals surface area contributed by atoms with E-state index < -0.39 is 0 Å². The highest BCUT2D eigenvalue weighted by Gasteiger charge is 2.14. The normalized spacial score (nSPS) is 11.2. The Bertz CT molecular complexity index is 887. The van der Waals surface area contributed by atoms with Crippen molar-refractivity contribution in [3.63, 3.8) is 0 Å². The molecule has 0 amide bonds. The largest absolute Gasteiger partial charge is 0.452 e. The van der Waals surface area contributed by atoms with Crippen molar-refractivity contribution in [2.75, 3.05) is 32.1 Å². The van der Waals surface area contributed by atoms with Crippen LogP contribution in [0.3, 0.4) is 0 Å². The average molecular weight is 310 g/mol. The zero-order valence-corrected chi connectivity index (χ0v) is 14.6. The van der Waals surface area contributed by atoms with E-state index in [9.17, 15) is 0 Å². The highest BCUT2D eigenvalue weighted by molar-refractivity contribution is 5.82. The van der Waals surface area contributed by atoms with Gasteiger partial charge in [0.1, 0.15) is 25.3 Å². The lowest BCUT2D eigenvalue weighted by atomic mass is 10.1. The van der Waals surface area contributed by atoms with Crippen LogP contribution in [-0.4, -0.2) is 32.2 Å². The first kappa shape index (κ1) is 15.5. The van der Waals surface area contributed by atoms with E-state index in [1.807, 2.05) is 26.2 Å². The van der Waals surface area contributed by atoms with Gasteiger partial charge < -0.3 is 9.32 Å². The molecule has 0 unspecified atom stereocenters. The van der Waals surface area contributed by atoms with Crippen molar-refractivity contribution in [1.82, 2.24) is 9.56 Å². The van der Waals surface area contributed by atoms with Crippen LogP contribution in [0.1, 0.15) is 19.4 Å². The van der Waals surface area contributed by atoms with Gasteiger partial charge in [0.15, 0.2) is 11.3 Å². The van der Waals surface area contributed by atoms with Crippen LogP contribution in [0.2, 0.25) is 0 Å². The molecule has 0 spiro atoms. The fourth-order valence-corrected chi connectivity index (χ4v) is 2.94. The summed E-state index contributed by atoms with van der Waals surface area (Å²) in [5.74, 6) is 0.818. The lowest BCUT2D eigenvalue weighted by Gasteiger charge is -2.23. The van der Waals surface area contributed by atoms with Crippen molar-refractivity contribution in [3.8, 4) is 11.5 Å². The quantitative estimate of drug-likeness (QED) is 0.550. The summed E-state index contributed by atoms with van der Waals surface area (Å²) >= 11 is 0. The van der Waals surface area contributed by atoms with Crippen molar-refractivity contribution in [1.29, 1.82) is 0 Å². The second-order valence-electron chi connectivity index (χ2n) is 6.04. The Labute approximate surface area is 137 Å². The van der Waals surface area contributed by atoms with Gasteiger partial charge in [-0.25, -0.2) is 9.56 Å². The fourth-order valence-electron chi connectivity index (χ4n) is 2.94. The Morgan fingerprint density at radius 2 is 1.83 bits per heavy atom. The van der Waals surface area contributed by atoms with Crippen molar-refractivity contribution < 1.29 is 4.42 Å². The fraction of sp³-hybridized carbons (Fsp3) is 0.368. The van der Waals surface area contributed by atoms with Gasteiger partial charge in [0.2, 0.25) is 5.36 Å². The van der Waals surface area contributed by atoms with Gasteiger partial charge in [0.25, 0.3) is 0 Å². The van der Waals surface area contributed by atoms with E-state index in [4.69, 9.17) is 9.40 Å². The number of aryl methyl sites for hydroxylation is 1. The number of fused-ring (bicyclic) bond motifs is 2. The summed E-state index contributed by atoms with van der Waals surface area (Å²) in [5, 5.41) is 1.11. The number of anilines is 1. The molecular weight excluding hydrogens is 286 g/mol. The first-order chi connectivity index (χ1) is 11.0. The van der Waals surface area contributed by atoms with Gasteiger partial charge >= 0.3 is 0 Å². The van der Waals surface area contributed by atoms with E-state index in [-0.39, 0.29) is 0 Å². The molecule has 1 aliphatic heterocycles. The smallest absolute Gasteiger partial charge is 0.203 e. The second kappa shape index (κ2) is 6.03. The molecule has 3 rings (SSSR count). The summed E-state index contributed by atoms with van der Waals surface area (Å²) in [6.45, 7) is 8.44. The molecule has 0 radical (unpaired) electrons. The number of hydrogen-bond donors (Lipinski definition) is 0. The molecular formula is C19H24N3O+. The Balaban J connectivity index is 2.27. The van der Waals surface area contributed by atoms with E-state index in [0.29, 0.717) is 0 Å². The minimum atomic E-state index is 0.818. The highest BCUT2D eigenvalue weighted by Crippen LogP contribution is 2.29. The molecule has 4 nitrogen and oxygen atoms in total. The maximum Gasteiger partial charge on any atom is 0.203 e. The van der Waals surface area contributed by atoms with Gasteiger partial charge in [-0.15, -0.1) is 0 Å². The molecule has 0 fully saturated rings. The van der Waals surface area contributed by atoms with Crippen molar-refractivity contribution in [2.24, 2.45) is 0 Å². The summed E-state index contributed by atoms with van der Waals surface area (Å²) in [7, 11) is 4.05. The number of aromatic nitrogens is 1. The monoisotopic (exact) mass is 310 g/mol. The topological polar surface area (TPSA) is 32.3 Å². The van der Waals surface area contributed by atoms with E-state index in [0.717, 1.165) is 41.0 Å². The third-order valence-electron chi connectivity index (χ3n) is 4.30. The van der Waals surface area contributed by atoms with E-state index in [2.05, 4.69) is 48.4 Å². The molecule has 120 valence electrons. The molecule has 1 aromatic rings. The third-order valence-corrected chi connectivity index (χ3v) is 4.30. The molecule has 1 aliphatic carbocycles. The third kappa shape index (κ3) is 2.81. The lowest BCUT2D eigenvalue weighted by molar-refractivity contribution is 0.610. The van der Waals surface area contributed by atoms with Crippen LogP contribution in [0, 0.1) is 6.92 Å². The highest BCUT2D eigenvalue weighted by atomic mass is 16.3. The lowest BCUT2D eigenvalue weighted by Crippen LogP contribution is -2.22. The minimum absolute atomic E-state index is 0.818. The Hall–Kier alpha value is -2.36. The first-order valence-corrected chi connectivity index (χ1v) is 8.14. The van der Waals surface area contributed by atoms with Crippen LogP contribution in [-0.2, 0) is 0 Å². The SMILES string of the molecule is CCN(CC)c1cc2oc3cc(=[N+](C)C)ccc-3nc2cc1C. The van der Waals surface area contributed by atoms with Gasteiger partial charge in [0, 0.05) is 30.9 Å². The van der Waals surface area contributed by atoms with E-state index >= 15 is 0 Å². The van der Waals surface area contributed by atoms with Crippen molar-refractivity contribution >= 4 is 16.8 Å². The van der Waals surface area contributed by atoms with Crippen molar-refractivity contribution in [3.05, 3.63) is 41.3 Å². The molecule has 4 heteroatoms. The minimum Gasteiger partial charge on any atom is -0.452 e. The standard InChI is InChI=1S/C19H24N3O/c1-6-22(7-2)17-12-19-16(10-13(17)3)20-15-9-8-14(21(4)5)11-18(15)23-19/h8-12H,6-7H2,1-5H3/q+1. The summed E-state index contributed by atoms with van der Waals surface area (Å²) in [5.41, 5.74) is 5.08. The predicted molar refractivity (Wildman–Crippen MR) is 96.0 cm³/mol. The van der Waals surface area contributed by atoms with Gasteiger partial charge in [-0.2, -0.15) is 0 Å². The predicted octanol–water partition coefficient (Wildman–Crippen LogP) is 3.12. The number of hydrogen-bond acceptors (Lipinski definition) is 3. The molecule has 0 aromatic heterocycles. The molecule has 0 saturated carbocycles. The molecule has 1 aromatic carbocycles. The van der Waals surface area contributed by atoms with E-state index in [1.165, 1.54) is 11.3 Å². The van der Waals surface area contributed by atoms with Crippen LogP contribution in [0.4, 0.5) is 5.69 Å². The van der Waals surface area contributed by atoms with Crippen LogP contribution >= 0.6 is 0 Å². The molecule has 1 heterocycles. The summed E-state index contributed by atoms with van der Waals surface area (Å²) < 4.78 is 8.22. The Morgan fingerprint density at radius 1 is 1.09 bits per heavy atom. The maximum absolute atomic E-state index is 6.16. The van der Waals surface area contributed by atoms with Gasteiger partial charge in [-0.3, -0.25) is 0 Å². The average Bonchev–Trinajstić information content (AvgIpc) is 2.54. The molecule has 0 N–H and O–H groups in total. The second-order valence-corrected chi connectivity index (χ2v) is 6.04. The van der Waals surface area contributed by atoms with Gasteiger partial charge in [-0.1, -0.05) is 0 Å².